The summed E-state index contributed by atoms with van der Waals surface area (Å²) in [5.41, 5.74) is 6.67. The number of alkyl halides is 3. The first kappa shape index (κ1) is 14.4. The van der Waals surface area contributed by atoms with Gasteiger partial charge in [0.2, 0.25) is 0 Å². The van der Waals surface area contributed by atoms with Crippen LogP contribution in [-0.4, -0.2) is 6.04 Å². The third kappa shape index (κ3) is 3.30. The lowest BCUT2D eigenvalue weighted by molar-refractivity contribution is -0.137. The second-order valence-corrected chi connectivity index (χ2v) is 5.87. The summed E-state index contributed by atoms with van der Waals surface area (Å²) in [5.74, 6) is 0. The van der Waals surface area contributed by atoms with Crippen molar-refractivity contribution < 1.29 is 13.2 Å². The first-order valence-corrected chi connectivity index (χ1v) is 6.73. The van der Waals surface area contributed by atoms with Crippen LogP contribution in [0, 0.1) is 5.41 Å². The van der Waals surface area contributed by atoms with E-state index in [4.69, 9.17) is 5.73 Å². The Kier molecular flexibility index (Phi) is 3.90. The fourth-order valence-corrected chi connectivity index (χ4v) is 2.88. The highest BCUT2D eigenvalue weighted by atomic mass is 19.4. The number of nitrogens with two attached hydrogens (primary N) is 1. The Hall–Kier alpha value is -1.03. The van der Waals surface area contributed by atoms with Crippen molar-refractivity contribution in [3.05, 3.63) is 35.4 Å². The lowest BCUT2D eigenvalue weighted by Gasteiger charge is -2.31. The molecule has 0 aromatic heterocycles. The van der Waals surface area contributed by atoms with Crippen molar-refractivity contribution in [1.82, 2.24) is 0 Å². The molecule has 1 aromatic rings. The average Bonchev–Trinajstić information content (AvgIpc) is 2.77. The van der Waals surface area contributed by atoms with Crippen molar-refractivity contribution in [2.75, 3.05) is 0 Å². The largest absolute Gasteiger partial charge is 0.416 e. The molecular weight excluding hydrogens is 251 g/mol. The van der Waals surface area contributed by atoms with Crippen LogP contribution in [0.4, 0.5) is 13.2 Å². The van der Waals surface area contributed by atoms with E-state index < -0.39 is 11.7 Å². The van der Waals surface area contributed by atoms with E-state index in [9.17, 15) is 13.2 Å². The van der Waals surface area contributed by atoms with Crippen LogP contribution in [0.3, 0.4) is 0 Å². The molecule has 0 saturated heterocycles. The van der Waals surface area contributed by atoms with Gasteiger partial charge in [0.15, 0.2) is 0 Å². The number of halogens is 3. The highest BCUT2D eigenvalue weighted by molar-refractivity contribution is 5.25. The Morgan fingerprint density at radius 3 is 2.16 bits per heavy atom. The molecule has 1 aliphatic rings. The maximum absolute atomic E-state index is 12.5. The number of hydrogen-bond donors (Lipinski definition) is 1. The van der Waals surface area contributed by atoms with Crippen LogP contribution in [0.1, 0.15) is 43.7 Å². The minimum atomic E-state index is -4.27. The van der Waals surface area contributed by atoms with E-state index >= 15 is 0 Å². The molecule has 1 unspecified atom stereocenters. The van der Waals surface area contributed by atoms with E-state index in [1.165, 1.54) is 12.8 Å². The molecular formula is C15H20F3N. The molecule has 1 atom stereocenters. The van der Waals surface area contributed by atoms with Crippen molar-refractivity contribution in [1.29, 1.82) is 0 Å². The van der Waals surface area contributed by atoms with E-state index in [1.807, 2.05) is 0 Å². The SMILES string of the molecule is CC1(C(N)Cc2ccc(C(F)(F)F)cc2)CCCC1. The molecule has 0 aliphatic heterocycles. The van der Waals surface area contributed by atoms with E-state index in [-0.39, 0.29) is 11.5 Å². The summed E-state index contributed by atoms with van der Waals surface area (Å²) in [6, 6.07) is 5.38. The molecule has 0 radical (unpaired) electrons. The van der Waals surface area contributed by atoms with Crippen LogP contribution in [0.25, 0.3) is 0 Å². The molecule has 4 heteroatoms. The molecule has 1 fully saturated rings. The maximum Gasteiger partial charge on any atom is 0.416 e. The zero-order valence-corrected chi connectivity index (χ0v) is 11.1. The minimum absolute atomic E-state index is 0.0201. The molecule has 1 saturated carbocycles. The molecule has 106 valence electrons. The van der Waals surface area contributed by atoms with Gasteiger partial charge in [0.1, 0.15) is 0 Å². The summed E-state index contributed by atoms with van der Waals surface area (Å²) in [6.07, 6.45) is 1.03. The average molecular weight is 271 g/mol. The number of benzene rings is 1. The zero-order valence-electron chi connectivity index (χ0n) is 11.1. The second-order valence-electron chi connectivity index (χ2n) is 5.87. The molecule has 2 N–H and O–H groups in total. The molecule has 0 bridgehead atoms. The van der Waals surface area contributed by atoms with Crippen molar-refractivity contribution in [2.45, 2.75) is 51.2 Å². The highest BCUT2D eigenvalue weighted by Gasteiger charge is 2.35. The Labute approximate surface area is 112 Å². The number of rotatable bonds is 3. The Morgan fingerprint density at radius 1 is 1.16 bits per heavy atom. The Balaban J connectivity index is 2.03. The van der Waals surface area contributed by atoms with Crippen LogP contribution < -0.4 is 5.73 Å². The summed E-state index contributed by atoms with van der Waals surface area (Å²) in [6.45, 7) is 2.19. The van der Waals surface area contributed by atoms with Crippen LogP contribution in [0.5, 0.6) is 0 Å². The summed E-state index contributed by atoms with van der Waals surface area (Å²) in [5, 5.41) is 0. The van der Waals surface area contributed by atoms with E-state index in [2.05, 4.69) is 6.92 Å². The van der Waals surface area contributed by atoms with Gasteiger partial charge in [0.25, 0.3) is 0 Å². The van der Waals surface area contributed by atoms with E-state index in [1.54, 1.807) is 12.1 Å². The molecule has 1 nitrogen and oxygen atoms in total. The normalized spacial score (nSPS) is 20.5. The molecule has 0 amide bonds. The highest BCUT2D eigenvalue weighted by Crippen LogP contribution is 2.40. The smallest absolute Gasteiger partial charge is 0.327 e. The second kappa shape index (κ2) is 5.16. The summed E-state index contributed by atoms with van der Waals surface area (Å²) < 4.78 is 37.4. The van der Waals surface area contributed by atoms with Crippen LogP contribution in [-0.2, 0) is 12.6 Å². The van der Waals surface area contributed by atoms with Crippen LogP contribution in [0.2, 0.25) is 0 Å². The first-order chi connectivity index (χ1) is 8.81. The molecule has 19 heavy (non-hydrogen) atoms. The van der Waals surface area contributed by atoms with Gasteiger partial charge in [-0.3, -0.25) is 0 Å². The summed E-state index contributed by atoms with van der Waals surface area (Å²) >= 11 is 0. The Bertz CT molecular complexity index is 416. The topological polar surface area (TPSA) is 26.0 Å². The molecule has 2 rings (SSSR count). The fourth-order valence-electron chi connectivity index (χ4n) is 2.88. The predicted molar refractivity (Wildman–Crippen MR) is 69.7 cm³/mol. The van der Waals surface area contributed by atoms with E-state index in [0.29, 0.717) is 6.42 Å². The minimum Gasteiger partial charge on any atom is -0.327 e. The van der Waals surface area contributed by atoms with Gasteiger partial charge in [-0.15, -0.1) is 0 Å². The summed E-state index contributed by atoms with van der Waals surface area (Å²) in [7, 11) is 0. The van der Waals surface area contributed by atoms with Crippen molar-refractivity contribution in [3.8, 4) is 0 Å². The van der Waals surface area contributed by atoms with E-state index in [0.717, 1.165) is 30.5 Å². The summed E-state index contributed by atoms with van der Waals surface area (Å²) in [4.78, 5) is 0. The van der Waals surface area contributed by atoms with Gasteiger partial charge in [0, 0.05) is 6.04 Å². The molecule has 0 spiro atoms. The maximum atomic E-state index is 12.5. The molecule has 1 aliphatic carbocycles. The van der Waals surface area contributed by atoms with Gasteiger partial charge < -0.3 is 5.73 Å². The lowest BCUT2D eigenvalue weighted by Crippen LogP contribution is -2.39. The van der Waals surface area contributed by atoms with Gasteiger partial charge in [0.05, 0.1) is 5.56 Å². The van der Waals surface area contributed by atoms with Gasteiger partial charge in [-0.2, -0.15) is 13.2 Å². The van der Waals surface area contributed by atoms with Crippen molar-refractivity contribution >= 4 is 0 Å². The van der Waals surface area contributed by atoms with Gasteiger partial charge >= 0.3 is 6.18 Å². The van der Waals surface area contributed by atoms with Crippen LogP contribution in [0.15, 0.2) is 24.3 Å². The quantitative estimate of drug-likeness (QED) is 0.877. The lowest BCUT2D eigenvalue weighted by atomic mass is 9.78. The van der Waals surface area contributed by atoms with Gasteiger partial charge in [-0.25, -0.2) is 0 Å². The van der Waals surface area contributed by atoms with Crippen molar-refractivity contribution in [3.63, 3.8) is 0 Å². The van der Waals surface area contributed by atoms with Gasteiger partial charge in [-0.05, 0) is 42.4 Å². The van der Waals surface area contributed by atoms with Crippen LogP contribution >= 0.6 is 0 Å². The standard InChI is InChI=1S/C15H20F3N/c1-14(8-2-3-9-14)13(19)10-11-4-6-12(7-5-11)15(16,17)18/h4-7,13H,2-3,8-10,19H2,1H3. The fraction of sp³-hybridized carbons (Fsp3) is 0.600. The first-order valence-electron chi connectivity index (χ1n) is 6.73. The molecule has 0 heterocycles. The Morgan fingerprint density at radius 2 is 1.68 bits per heavy atom. The van der Waals surface area contributed by atoms with Crippen molar-refractivity contribution in [2.24, 2.45) is 11.1 Å². The molecule has 1 aromatic carbocycles. The third-order valence-electron chi connectivity index (χ3n) is 4.38. The zero-order chi connectivity index (χ0) is 14.1. The third-order valence-corrected chi connectivity index (χ3v) is 4.38. The number of hydrogen-bond acceptors (Lipinski definition) is 1. The van der Waals surface area contributed by atoms with Gasteiger partial charge in [-0.1, -0.05) is 31.9 Å². The predicted octanol–water partition coefficient (Wildman–Crippen LogP) is 4.16. The monoisotopic (exact) mass is 271 g/mol.